The van der Waals surface area contributed by atoms with Crippen LogP contribution in [-0.4, -0.2) is 45.3 Å². The summed E-state index contributed by atoms with van der Waals surface area (Å²) in [4.78, 5) is 28.3. The Hall–Kier alpha value is -4.06. The second-order valence-corrected chi connectivity index (χ2v) is 11.7. The summed E-state index contributed by atoms with van der Waals surface area (Å²) in [5.41, 5.74) is 1.68. The van der Waals surface area contributed by atoms with Crippen LogP contribution in [0.2, 0.25) is 5.02 Å². The minimum Gasteiger partial charge on any atom is -0.507 e. The van der Waals surface area contributed by atoms with Crippen molar-refractivity contribution in [1.82, 2.24) is 10.2 Å². The summed E-state index contributed by atoms with van der Waals surface area (Å²) in [6.07, 6.45) is 0. The zero-order valence-electron chi connectivity index (χ0n) is 22.6. The highest BCUT2D eigenvalue weighted by molar-refractivity contribution is 8.00. The molecule has 4 aromatic rings. The van der Waals surface area contributed by atoms with E-state index in [9.17, 15) is 19.8 Å². The van der Waals surface area contributed by atoms with Crippen LogP contribution in [0.4, 0.5) is 5.13 Å². The number of ketones is 1. The second kappa shape index (κ2) is 12.8. The van der Waals surface area contributed by atoms with E-state index in [1.54, 1.807) is 55.5 Å². The Kier molecular flexibility index (Phi) is 9.00. The van der Waals surface area contributed by atoms with Crippen LogP contribution in [0.5, 0.6) is 17.2 Å². The lowest BCUT2D eigenvalue weighted by molar-refractivity contribution is -0.132. The lowest BCUT2D eigenvalue weighted by Gasteiger charge is -2.23. The Labute approximate surface area is 255 Å². The molecule has 216 valence electrons. The molecule has 5 rings (SSSR count). The van der Waals surface area contributed by atoms with Gasteiger partial charge in [-0.3, -0.25) is 14.5 Å². The van der Waals surface area contributed by atoms with E-state index in [0.717, 1.165) is 16.9 Å². The van der Waals surface area contributed by atoms with Crippen LogP contribution < -0.4 is 14.4 Å². The van der Waals surface area contributed by atoms with Gasteiger partial charge >= 0.3 is 5.91 Å². The van der Waals surface area contributed by atoms with Gasteiger partial charge in [-0.05, 0) is 73.5 Å². The number of anilines is 1. The predicted octanol–water partition coefficient (Wildman–Crippen LogP) is 6.61. The van der Waals surface area contributed by atoms with E-state index in [1.165, 1.54) is 22.7 Å². The average molecular weight is 624 g/mol. The standard InChI is InChI=1S/C30H26ClN3O6S2/c1-3-39-21-12-7-18(8-13-21)26(36)24-25(19-9-14-22(35)23(15-19)40-4-2)34(28(38)27(24)37)29-32-33-30(42-29)41-16-17-5-10-20(31)11-6-17/h5-15,25,35-36H,3-4,16H2,1-2H3/b26-24-. The van der Waals surface area contributed by atoms with E-state index in [-0.39, 0.29) is 34.6 Å². The Balaban J connectivity index is 1.55. The molecule has 0 bridgehead atoms. The molecule has 1 atom stereocenters. The molecule has 1 aromatic heterocycles. The molecule has 0 spiro atoms. The maximum atomic E-state index is 13.5. The predicted molar refractivity (Wildman–Crippen MR) is 163 cm³/mol. The van der Waals surface area contributed by atoms with Gasteiger partial charge in [-0.15, -0.1) is 10.2 Å². The highest BCUT2D eigenvalue weighted by Gasteiger charge is 2.48. The number of hydrogen-bond donors (Lipinski definition) is 2. The molecular weight excluding hydrogens is 598 g/mol. The van der Waals surface area contributed by atoms with Gasteiger partial charge in [-0.25, -0.2) is 0 Å². The Morgan fingerprint density at radius 3 is 2.40 bits per heavy atom. The molecule has 0 radical (unpaired) electrons. The molecule has 3 aromatic carbocycles. The lowest BCUT2D eigenvalue weighted by atomic mass is 9.95. The zero-order chi connectivity index (χ0) is 29.8. The molecule has 0 aliphatic carbocycles. The summed E-state index contributed by atoms with van der Waals surface area (Å²) >= 11 is 8.57. The molecule has 1 aliphatic heterocycles. The maximum Gasteiger partial charge on any atom is 0.301 e. The van der Waals surface area contributed by atoms with Gasteiger partial charge in [-0.2, -0.15) is 0 Å². The third kappa shape index (κ3) is 6.08. The summed E-state index contributed by atoms with van der Waals surface area (Å²) in [7, 11) is 0. The fraction of sp³-hybridized carbons (Fsp3) is 0.200. The third-order valence-corrected chi connectivity index (χ3v) is 8.74. The number of carbonyl (C=O) groups is 2. The number of nitrogens with zero attached hydrogens (tertiary/aromatic N) is 3. The van der Waals surface area contributed by atoms with Gasteiger partial charge in [0, 0.05) is 16.3 Å². The number of aromatic hydroxyl groups is 1. The van der Waals surface area contributed by atoms with Crippen molar-refractivity contribution in [1.29, 1.82) is 0 Å². The number of phenols is 1. The van der Waals surface area contributed by atoms with Gasteiger partial charge in [0.05, 0.1) is 24.8 Å². The number of ether oxygens (including phenoxy) is 2. The van der Waals surface area contributed by atoms with Crippen molar-refractivity contribution in [2.45, 2.75) is 30.0 Å². The molecule has 9 nitrogen and oxygen atoms in total. The topological polar surface area (TPSA) is 122 Å². The van der Waals surface area contributed by atoms with Gasteiger partial charge in [0.2, 0.25) is 5.13 Å². The first kappa shape index (κ1) is 29.4. The fourth-order valence-corrected chi connectivity index (χ4v) is 6.38. The first-order valence-electron chi connectivity index (χ1n) is 13.0. The fourth-order valence-electron chi connectivity index (χ4n) is 4.43. The van der Waals surface area contributed by atoms with E-state index in [0.29, 0.717) is 38.6 Å². The van der Waals surface area contributed by atoms with Crippen molar-refractivity contribution in [2.75, 3.05) is 18.1 Å². The van der Waals surface area contributed by atoms with Crippen molar-refractivity contribution in [3.63, 3.8) is 0 Å². The van der Waals surface area contributed by atoms with Crippen LogP contribution in [0.25, 0.3) is 5.76 Å². The van der Waals surface area contributed by atoms with E-state index in [4.69, 9.17) is 21.1 Å². The van der Waals surface area contributed by atoms with Crippen molar-refractivity contribution in [2.24, 2.45) is 0 Å². The minimum absolute atomic E-state index is 0.0964. The summed E-state index contributed by atoms with van der Waals surface area (Å²) < 4.78 is 11.6. The molecule has 1 saturated heterocycles. The van der Waals surface area contributed by atoms with E-state index >= 15 is 0 Å². The smallest absolute Gasteiger partial charge is 0.301 e. The summed E-state index contributed by atoms with van der Waals surface area (Å²) in [6, 6.07) is 17.5. The molecule has 2 N–H and O–H groups in total. The number of aliphatic hydroxyl groups is 1. The third-order valence-electron chi connectivity index (χ3n) is 6.36. The lowest BCUT2D eigenvalue weighted by Crippen LogP contribution is -2.29. The van der Waals surface area contributed by atoms with Gasteiger partial charge in [0.25, 0.3) is 5.78 Å². The second-order valence-electron chi connectivity index (χ2n) is 9.05. The Bertz CT molecular complexity index is 1640. The summed E-state index contributed by atoms with van der Waals surface area (Å²) in [5.74, 6) is -0.798. The highest BCUT2D eigenvalue weighted by Crippen LogP contribution is 2.45. The zero-order valence-corrected chi connectivity index (χ0v) is 25.0. The van der Waals surface area contributed by atoms with E-state index in [2.05, 4.69) is 10.2 Å². The number of thioether (sulfide) groups is 1. The van der Waals surface area contributed by atoms with Crippen molar-refractivity contribution in [3.05, 3.63) is 94.0 Å². The Morgan fingerprint density at radius 2 is 1.71 bits per heavy atom. The molecule has 12 heteroatoms. The first-order valence-corrected chi connectivity index (χ1v) is 15.2. The van der Waals surface area contributed by atoms with Gasteiger partial charge < -0.3 is 19.7 Å². The number of rotatable bonds is 10. The van der Waals surface area contributed by atoms with E-state index in [1.807, 2.05) is 19.1 Å². The molecular formula is C30H26ClN3O6S2. The largest absolute Gasteiger partial charge is 0.507 e. The van der Waals surface area contributed by atoms with Crippen LogP contribution >= 0.6 is 34.7 Å². The van der Waals surface area contributed by atoms with Crippen LogP contribution in [0.3, 0.4) is 0 Å². The van der Waals surface area contributed by atoms with Crippen molar-refractivity contribution < 1.29 is 29.3 Å². The number of Topliss-reactive ketones (excluding diaryl/α,β-unsaturated/α-hetero) is 1. The molecule has 42 heavy (non-hydrogen) atoms. The average Bonchev–Trinajstić information content (AvgIpc) is 3.56. The Morgan fingerprint density at radius 1 is 1.00 bits per heavy atom. The summed E-state index contributed by atoms with van der Waals surface area (Å²) in [6.45, 7) is 4.39. The number of benzene rings is 3. The molecule has 0 saturated carbocycles. The normalized spacial score (nSPS) is 16.2. The van der Waals surface area contributed by atoms with Gasteiger partial charge in [0.1, 0.15) is 11.5 Å². The quantitative estimate of drug-likeness (QED) is 0.0660. The van der Waals surface area contributed by atoms with E-state index < -0.39 is 17.7 Å². The van der Waals surface area contributed by atoms with Crippen LogP contribution in [-0.2, 0) is 15.3 Å². The molecule has 1 fully saturated rings. The minimum atomic E-state index is -1.06. The number of phenolic OH excluding ortho intramolecular Hbond substituents is 1. The molecule has 2 heterocycles. The van der Waals surface area contributed by atoms with Crippen LogP contribution in [0, 0.1) is 0 Å². The van der Waals surface area contributed by atoms with Gasteiger partial charge in [0.15, 0.2) is 15.8 Å². The first-order chi connectivity index (χ1) is 20.3. The number of halogens is 1. The summed E-state index contributed by atoms with van der Waals surface area (Å²) in [5, 5.41) is 31.0. The molecule has 1 aliphatic rings. The molecule has 1 amide bonds. The van der Waals surface area contributed by atoms with Gasteiger partial charge in [-0.1, -0.05) is 52.9 Å². The highest BCUT2D eigenvalue weighted by atomic mass is 35.5. The maximum absolute atomic E-state index is 13.5. The monoisotopic (exact) mass is 623 g/mol. The molecule has 1 unspecified atom stereocenters. The van der Waals surface area contributed by atoms with Crippen LogP contribution in [0.1, 0.15) is 36.6 Å². The number of carbonyl (C=O) groups excluding carboxylic acids is 2. The van der Waals surface area contributed by atoms with Crippen molar-refractivity contribution in [3.8, 4) is 17.2 Å². The number of aromatic nitrogens is 2. The number of hydrogen-bond acceptors (Lipinski definition) is 10. The van der Waals surface area contributed by atoms with Crippen molar-refractivity contribution >= 4 is 57.3 Å². The number of aliphatic hydroxyl groups excluding tert-OH is 1. The number of amides is 1. The SMILES string of the molecule is CCOc1ccc(/C(O)=C2/C(=O)C(=O)N(c3nnc(SCc4ccc(Cl)cc4)s3)C2c2ccc(O)c(OCC)c2)cc1. The van der Waals surface area contributed by atoms with Crippen LogP contribution in [0.15, 0.2) is 76.6 Å².